The molecule has 2 atom stereocenters. The highest BCUT2D eigenvalue weighted by atomic mass is 19.4. The minimum atomic E-state index is -4.51. The van der Waals surface area contributed by atoms with Crippen LogP contribution in [0.5, 0.6) is 0 Å². The van der Waals surface area contributed by atoms with Crippen molar-refractivity contribution in [2.45, 2.75) is 37.6 Å². The number of hydrogen-bond donors (Lipinski definition) is 2. The third kappa shape index (κ3) is 6.60. The standard InChI is InChI=1S/C21H22F3NO4/c1-29-20(28)17(9-5-8-14-6-3-2-4-7-14)25-19(27)18(26)15-10-12-16(13-11-15)21(22,23)24/h2-4,6-7,10-13,17-18,26H,5,8-9H2,1H3,(H,25,27)/t17-,18-/m1/s1. The van der Waals surface area contributed by atoms with Crippen molar-refractivity contribution in [2.75, 3.05) is 7.11 Å². The maximum Gasteiger partial charge on any atom is 0.416 e. The third-order valence-electron chi connectivity index (χ3n) is 4.41. The number of nitrogens with one attached hydrogen (secondary N) is 1. The number of amides is 1. The second-order valence-corrected chi connectivity index (χ2v) is 6.48. The van der Waals surface area contributed by atoms with Gasteiger partial charge in [0.1, 0.15) is 6.04 Å². The molecule has 0 saturated carbocycles. The number of aliphatic hydroxyl groups excluding tert-OH is 1. The Kier molecular flexibility index (Phi) is 7.78. The Morgan fingerprint density at radius 2 is 1.69 bits per heavy atom. The van der Waals surface area contributed by atoms with Gasteiger partial charge in [-0.1, -0.05) is 42.5 Å². The van der Waals surface area contributed by atoms with Gasteiger partial charge in [0, 0.05) is 0 Å². The van der Waals surface area contributed by atoms with Crippen LogP contribution >= 0.6 is 0 Å². The molecular formula is C21H22F3NO4. The maximum absolute atomic E-state index is 12.6. The van der Waals surface area contributed by atoms with E-state index in [0.29, 0.717) is 12.8 Å². The highest BCUT2D eigenvalue weighted by Gasteiger charge is 2.31. The van der Waals surface area contributed by atoms with Crippen molar-refractivity contribution >= 4 is 11.9 Å². The van der Waals surface area contributed by atoms with E-state index < -0.39 is 35.8 Å². The van der Waals surface area contributed by atoms with Crippen LogP contribution in [0.25, 0.3) is 0 Å². The number of rotatable bonds is 8. The van der Waals surface area contributed by atoms with Crippen molar-refractivity contribution in [3.8, 4) is 0 Å². The molecular weight excluding hydrogens is 387 g/mol. The van der Waals surface area contributed by atoms with E-state index in [0.717, 1.165) is 29.8 Å². The zero-order valence-electron chi connectivity index (χ0n) is 15.8. The fourth-order valence-corrected chi connectivity index (χ4v) is 2.80. The van der Waals surface area contributed by atoms with Crippen LogP contribution in [0.3, 0.4) is 0 Å². The summed E-state index contributed by atoms with van der Waals surface area (Å²) in [5.74, 6) is -1.55. The molecule has 0 heterocycles. The largest absolute Gasteiger partial charge is 0.467 e. The summed E-state index contributed by atoms with van der Waals surface area (Å²) in [6.07, 6.45) is -4.67. The van der Waals surface area contributed by atoms with E-state index in [-0.39, 0.29) is 12.0 Å². The number of aliphatic hydroxyl groups is 1. The van der Waals surface area contributed by atoms with Gasteiger partial charge >= 0.3 is 12.1 Å². The molecule has 0 aliphatic carbocycles. The van der Waals surface area contributed by atoms with Crippen LogP contribution in [-0.2, 0) is 26.9 Å². The van der Waals surface area contributed by atoms with Crippen LogP contribution in [0.4, 0.5) is 13.2 Å². The summed E-state index contributed by atoms with van der Waals surface area (Å²) >= 11 is 0. The Balaban J connectivity index is 1.98. The van der Waals surface area contributed by atoms with Gasteiger partial charge in [0.15, 0.2) is 6.10 Å². The second kappa shape index (κ2) is 10.1. The van der Waals surface area contributed by atoms with Gasteiger partial charge in [0.25, 0.3) is 5.91 Å². The number of halogens is 3. The van der Waals surface area contributed by atoms with E-state index in [9.17, 15) is 27.9 Å². The lowest BCUT2D eigenvalue weighted by atomic mass is 10.0. The molecule has 0 aliphatic rings. The number of benzene rings is 2. The lowest BCUT2D eigenvalue weighted by Gasteiger charge is -2.19. The molecule has 2 N–H and O–H groups in total. The first kappa shape index (κ1) is 22.4. The summed E-state index contributed by atoms with van der Waals surface area (Å²) in [7, 11) is 1.19. The van der Waals surface area contributed by atoms with E-state index in [1.165, 1.54) is 7.11 Å². The van der Waals surface area contributed by atoms with Gasteiger partial charge in [-0.15, -0.1) is 0 Å². The zero-order chi connectivity index (χ0) is 21.4. The first-order valence-electron chi connectivity index (χ1n) is 8.99. The predicted molar refractivity (Wildman–Crippen MR) is 99.7 cm³/mol. The molecule has 2 aromatic rings. The van der Waals surface area contributed by atoms with Crippen LogP contribution in [0.2, 0.25) is 0 Å². The van der Waals surface area contributed by atoms with Crippen LogP contribution in [0.15, 0.2) is 54.6 Å². The number of carbonyl (C=O) groups excluding carboxylic acids is 2. The minimum Gasteiger partial charge on any atom is -0.467 e. The van der Waals surface area contributed by atoms with Crippen molar-refractivity contribution in [3.63, 3.8) is 0 Å². The van der Waals surface area contributed by atoms with Crippen molar-refractivity contribution < 1.29 is 32.6 Å². The molecule has 156 valence electrons. The summed E-state index contributed by atoms with van der Waals surface area (Å²) in [5.41, 5.74) is 0.179. The van der Waals surface area contributed by atoms with Gasteiger partial charge in [-0.3, -0.25) is 4.79 Å². The Hall–Kier alpha value is -2.87. The number of esters is 1. The van der Waals surface area contributed by atoms with E-state index in [4.69, 9.17) is 4.74 Å². The average Bonchev–Trinajstić information content (AvgIpc) is 2.72. The topological polar surface area (TPSA) is 75.6 Å². The van der Waals surface area contributed by atoms with Crippen LogP contribution in [0.1, 0.15) is 35.6 Å². The second-order valence-electron chi connectivity index (χ2n) is 6.48. The average molecular weight is 409 g/mol. The van der Waals surface area contributed by atoms with Crippen molar-refractivity contribution in [3.05, 3.63) is 71.3 Å². The third-order valence-corrected chi connectivity index (χ3v) is 4.41. The van der Waals surface area contributed by atoms with Crippen LogP contribution in [-0.4, -0.2) is 30.1 Å². The van der Waals surface area contributed by atoms with Crippen LogP contribution < -0.4 is 5.32 Å². The maximum atomic E-state index is 12.6. The number of carbonyl (C=O) groups is 2. The first-order valence-corrected chi connectivity index (χ1v) is 8.99. The van der Waals surface area contributed by atoms with E-state index in [1.807, 2.05) is 30.3 Å². The molecule has 0 radical (unpaired) electrons. The van der Waals surface area contributed by atoms with Gasteiger partial charge in [-0.2, -0.15) is 13.2 Å². The Morgan fingerprint density at radius 3 is 2.24 bits per heavy atom. The molecule has 29 heavy (non-hydrogen) atoms. The molecule has 0 spiro atoms. The monoisotopic (exact) mass is 409 g/mol. The predicted octanol–water partition coefficient (Wildman–Crippen LogP) is 3.42. The number of ether oxygens (including phenoxy) is 1. The smallest absolute Gasteiger partial charge is 0.416 e. The molecule has 2 aromatic carbocycles. The SMILES string of the molecule is COC(=O)[C@@H](CCCc1ccccc1)NC(=O)[C@H](O)c1ccc(C(F)(F)F)cc1. The Morgan fingerprint density at radius 1 is 1.07 bits per heavy atom. The highest BCUT2D eigenvalue weighted by Crippen LogP contribution is 2.30. The fraction of sp³-hybridized carbons (Fsp3) is 0.333. The van der Waals surface area contributed by atoms with Gasteiger partial charge in [0.2, 0.25) is 0 Å². The number of alkyl halides is 3. The first-order chi connectivity index (χ1) is 13.7. The normalized spacial score (nSPS) is 13.4. The number of aryl methyl sites for hydroxylation is 1. The van der Waals surface area contributed by atoms with Crippen molar-refractivity contribution in [2.24, 2.45) is 0 Å². The molecule has 0 unspecified atom stereocenters. The molecule has 8 heteroatoms. The molecule has 2 rings (SSSR count). The van der Waals surface area contributed by atoms with E-state index >= 15 is 0 Å². The van der Waals surface area contributed by atoms with Gasteiger partial charge in [-0.25, -0.2) is 4.79 Å². The quantitative estimate of drug-likeness (QED) is 0.655. The van der Waals surface area contributed by atoms with Crippen LogP contribution in [0, 0.1) is 0 Å². The van der Waals surface area contributed by atoms with E-state index in [1.54, 1.807) is 0 Å². The fourth-order valence-electron chi connectivity index (χ4n) is 2.80. The number of hydrogen-bond acceptors (Lipinski definition) is 4. The lowest BCUT2D eigenvalue weighted by molar-refractivity contribution is -0.146. The minimum absolute atomic E-state index is 0.0107. The van der Waals surface area contributed by atoms with E-state index in [2.05, 4.69) is 5.32 Å². The molecule has 0 bridgehead atoms. The Labute approximate surface area is 166 Å². The molecule has 0 saturated heterocycles. The summed E-state index contributed by atoms with van der Waals surface area (Å²) in [6.45, 7) is 0. The summed E-state index contributed by atoms with van der Waals surface area (Å²) in [5, 5.41) is 12.6. The molecule has 5 nitrogen and oxygen atoms in total. The number of methoxy groups -OCH3 is 1. The van der Waals surface area contributed by atoms with Gasteiger partial charge < -0.3 is 15.2 Å². The summed E-state index contributed by atoms with van der Waals surface area (Å²) in [4.78, 5) is 24.3. The summed E-state index contributed by atoms with van der Waals surface area (Å²) in [6, 6.07) is 12.2. The molecule has 0 aromatic heterocycles. The van der Waals surface area contributed by atoms with Crippen molar-refractivity contribution in [1.29, 1.82) is 0 Å². The lowest BCUT2D eigenvalue weighted by Crippen LogP contribution is -2.43. The molecule has 0 aliphatic heterocycles. The molecule has 1 amide bonds. The zero-order valence-corrected chi connectivity index (χ0v) is 15.8. The van der Waals surface area contributed by atoms with Gasteiger partial charge in [0.05, 0.1) is 12.7 Å². The van der Waals surface area contributed by atoms with Crippen molar-refractivity contribution in [1.82, 2.24) is 5.32 Å². The summed E-state index contributed by atoms with van der Waals surface area (Å²) < 4.78 is 42.6. The Bertz CT molecular complexity index is 807. The van der Waals surface area contributed by atoms with Gasteiger partial charge in [-0.05, 0) is 42.5 Å². The molecule has 0 fully saturated rings. The highest BCUT2D eigenvalue weighted by molar-refractivity contribution is 5.87.